The highest BCUT2D eigenvalue weighted by Crippen LogP contribution is 2.14. The van der Waals surface area contributed by atoms with E-state index in [0.29, 0.717) is 5.56 Å². The maximum atomic E-state index is 10.6. The van der Waals surface area contributed by atoms with E-state index in [1.807, 2.05) is 13.0 Å². The first-order valence-corrected chi connectivity index (χ1v) is 4.24. The molecule has 3 N–H and O–H groups in total. The lowest BCUT2D eigenvalue weighted by Gasteiger charge is -2.08. The van der Waals surface area contributed by atoms with Gasteiger partial charge in [0.2, 0.25) is 0 Å². The number of benzene rings is 1. The molecule has 0 heterocycles. The van der Waals surface area contributed by atoms with Crippen molar-refractivity contribution in [2.24, 2.45) is 5.73 Å². The Kier molecular flexibility index (Phi) is 3.03. The van der Waals surface area contributed by atoms with E-state index in [1.165, 1.54) is 0 Å². The van der Waals surface area contributed by atoms with Crippen LogP contribution in [0.3, 0.4) is 0 Å². The Morgan fingerprint density at radius 1 is 1.62 bits per heavy atom. The molecule has 0 amide bonds. The number of hydrogen-bond acceptors (Lipinski definition) is 2. The smallest absolute Gasteiger partial charge is 0.335 e. The highest BCUT2D eigenvalue weighted by molar-refractivity contribution is 5.87. The summed E-state index contributed by atoms with van der Waals surface area (Å²) < 4.78 is 0. The molecule has 0 aliphatic carbocycles. The quantitative estimate of drug-likeness (QED) is 0.743. The van der Waals surface area contributed by atoms with Gasteiger partial charge in [0.25, 0.3) is 0 Å². The Bertz CT molecular complexity index is 310. The normalized spacial score (nSPS) is 12.5. The second kappa shape index (κ2) is 4.05. The molecule has 3 heteroatoms. The van der Waals surface area contributed by atoms with Gasteiger partial charge >= 0.3 is 5.97 Å². The summed E-state index contributed by atoms with van der Waals surface area (Å²) in [5.74, 6) is -0.912. The van der Waals surface area contributed by atoms with Gasteiger partial charge in [-0.05, 0) is 24.1 Å². The summed E-state index contributed by atoms with van der Waals surface area (Å²) in [6, 6.07) is 6.68. The number of carboxylic acids is 1. The van der Waals surface area contributed by atoms with Crippen LogP contribution in [0, 0.1) is 0 Å². The number of rotatable bonds is 3. The summed E-state index contributed by atoms with van der Waals surface area (Å²) in [5, 5.41) is 8.72. The SMILES string of the molecule is CCC(N)c1cccc(C(=O)O)c1. The van der Waals surface area contributed by atoms with Crippen LogP contribution in [-0.4, -0.2) is 11.1 Å². The zero-order valence-electron chi connectivity index (χ0n) is 7.53. The molecule has 1 aromatic rings. The fraction of sp³-hybridized carbons (Fsp3) is 0.300. The van der Waals surface area contributed by atoms with E-state index in [9.17, 15) is 4.79 Å². The second-order valence-corrected chi connectivity index (χ2v) is 2.95. The molecular formula is C10H13NO2. The summed E-state index contributed by atoms with van der Waals surface area (Å²) in [5.41, 5.74) is 6.94. The first kappa shape index (κ1) is 9.74. The minimum absolute atomic E-state index is 0.0701. The van der Waals surface area contributed by atoms with Gasteiger partial charge in [0.05, 0.1) is 5.56 Å². The Morgan fingerprint density at radius 3 is 2.85 bits per heavy atom. The molecule has 1 unspecified atom stereocenters. The van der Waals surface area contributed by atoms with Crippen LogP contribution < -0.4 is 5.73 Å². The minimum Gasteiger partial charge on any atom is -0.478 e. The number of carboxylic acid groups (broad SMARTS) is 1. The highest BCUT2D eigenvalue weighted by Gasteiger charge is 2.06. The first-order valence-electron chi connectivity index (χ1n) is 4.24. The van der Waals surface area contributed by atoms with E-state index in [4.69, 9.17) is 10.8 Å². The van der Waals surface area contributed by atoms with Gasteiger partial charge in [0.15, 0.2) is 0 Å². The van der Waals surface area contributed by atoms with Crippen molar-refractivity contribution in [3.63, 3.8) is 0 Å². The largest absolute Gasteiger partial charge is 0.478 e. The summed E-state index contributed by atoms with van der Waals surface area (Å²) >= 11 is 0. The molecule has 0 bridgehead atoms. The molecule has 0 fully saturated rings. The molecule has 70 valence electrons. The Morgan fingerprint density at radius 2 is 2.31 bits per heavy atom. The highest BCUT2D eigenvalue weighted by atomic mass is 16.4. The predicted octanol–water partition coefficient (Wildman–Crippen LogP) is 1.79. The van der Waals surface area contributed by atoms with Crippen LogP contribution in [0.15, 0.2) is 24.3 Å². The third-order valence-corrected chi connectivity index (χ3v) is 2.00. The molecule has 0 radical (unpaired) electrons. The number of hydrogen-bond donors (Lipinski definition) is 2. The van der Waals surface area contributed by atoms with Crippen LogP contribution in [-0.2, 0) is 0 Å². The van der Waals surface area contributed by atoms with Crippen molar-refractivity contribution >= 4 is 5.97 Å². The summed E-state index contributed by atoms with van der Waals surface area (Å²) in [7, 11) is 0. The van der Waals surface area contributed by atoms with Crippen molar-refractivity contribution in [1.82, 2.24) is 0 Å². The molecule has 1 aromatic carbocycles. The van der Waals surface area contributed by atoms with Crippen LogP contribution in [0.2, 0.25) is 0 Å². The molecule has 0 saturated heterocycles. The first-order chi connectivity index (χ1) is 6.15. The van der Waals surface area contributed by atoms with Crippen molar-refractivity contribution in [2.75, 3.05) is 0 Å². The van der Waals surface area contributed by atoms with Crippen LogP contribution >= 0.6 is 0 Å². The zero-order valence-corrected chi connectivity index (χ0v) is 7.53. The molecular weight excluding hydrogens is 166 g/mol. The minimum atomic E-state index is -0.912. The fourth-order valence-electron chi connectivity index (χ4n) is 1.14. The van der Waals surface area contributed by atoms with E-state index in [0.717, 1.165) is 12.0 Å². The molecule has 0 saturated carbocycles. The van der Waals surface area contributed by atoms with Crippen LogP contribution in [0.25, 0.3) is 0 Å². The van der Waals surface area contributed by atoms with Gasteiger partial charge in [0.1, 0.15) is 0 Å². The van der Waals surface area contributed by atoms with Crippen LogP contribution in [0.4, 0.5) is 0 Å². The third kappa shape index (κ3) is 2.29. The molecule has 1 atom stereocenters. The molecule has 3 nitrogen and oxygen atoms in total. The Balaban J connectivity index is 2.98. The molecule has 0 aliphatic rings. The lowest BCUT2D eigenvalue weighted by Crippen LogP contribution is -2.09. The fourth-order valence-corrected chi connectivity index (χ4v) is 1.14. The predicted molar refractivity (Wildman–Crippen MR) is 50.6 cm³/mol. The lowest BCUT2D eigenvalue weighted by molar-refractivity contribution is 0.0696. The van der Waals surface area contributed by atoms with E-state index < -0.39 is 5.97 Å². The van der Waals surface area contributed by atoms with E-state index >= 15 is 0 Å². The van der Waals surface area contributed by atoms with E-state index in [1.54, 1.807) is 18.2 Å². The van der Waals surface area contributed by atoms with Gasteiger partial charge in [-0.15, -0.1) is 0 Å². The number of nitrogens with two attached hydrogens (primary N) is 1. The average molecular weight is 179 g/mol. The maximum absolute atomic E-state index is 10.6. The van der Waals surface area contributed by atoms with E-state index in [2.05, 4.69) is 0 Å². The topological polar surface area (TPSA) is 63.3 Å². The molecule has 0 aromatic heterocycles. The number of carbonyl (C=O) groups is 1. The summed E-state index contributed by atoms with van der Waals surface area (Å²) in [4.78, 5) is 10.6. The van der Waals surface area contributed by atoms with Crippen molar-refractivity contribution in [1.29, 1.82) is 0 Å². The van der Waals surface area contributed by atoms with Crippen LogP contribution in [0.5, 0.6) is 0 Å². The summed E-state index contributed by atoms with van der Waals surface area (Å²) in [6.07, 6.45) is 0.809. The lowest BCUT2D eigenvalue weighted by atomic mass is 10.0. The third-order valence-electron chi connectivity index (χ3n) is 2.00. The van der Waals surface area contributed by atoms with Crippen molar-refractivity contribution in [3.05, 3.63) is 35.4 Å². The monoisotopic (exact) mass is 179 g/mol. The second-order valence-electron chi connectivity index (χ2n) is 2.95. The maximum Gasteiger partial charge on any atom is 0.335 e. The van der Waals surface area contributed by atoms with Gasteiger partial charge in [-0.25, -0.2) is 4.79 Å². The van der Waals surface area contributed by atoms with Crippen molar-refractivity contribution in [3.8, 4) is 0 Å². The van der Waals surface area contributed by atoms with Crippen molar-refractivity contribution in [2.45, 2.75) is 19.4 Å². The van der Waals surface area contributed by atoms with Crippen molar-refractivity contribution < 1.29 is 9.90 Å². The molecule has 1 rings (SSSR count). The van der Waals surface area contributed by atoms with Gasteiger partial charge in [-0.3, -0.25) is 0 Å². The Labute approximate surface area is 77.2 Å². The molecule has 13 heavy (non-hydrogen) atoms. The average Bonchev–Trinajstić information content (AvgIpc) is 2.17. The van der Waals surface area contributed by atoms with Gasteiger partial charge in [-0.1, -0.05) is 19.1 Å². The van der Waals surface area contributed by atoms with E-state index in [-0.39, 0.29) is 6.04 Å². The van der Waals surface area contributed by atoms with Crippen LogP contribution in [0.1, 0.15) is 35.3 Å². The van der Waals surface area contributed by atoms with Gasteiger partial charge in [-0.2, -0.15) is 0 Å². The van der Waals surface area contributed by atoms with Gasteiger partial charge < -0.3 is 10.8 Å². The summed E-state index contributed by atoms with van der Waals surface area (Å²) in [6.45, 7) is 1.97. The number of aromatic carboxylic acids is 1. The standard InChI is InChI=1S/C10H13NO2/c1-2-9(11)7-4-3-5-8(6-7)10(12)13/h3-6,9H,2,11H2,1H3,(H,12,13). The molecule has 0 spiro atoms. The zero-order chi connectivity index (χ0) is 9.84. The molecule has 0 aliphatic heterocycles. The van der Waals surface area contributed by atoms with Gasteiger partial charge in [0, 0.05) is 6.04 Å². The Hall–Kier alpha value is -1.35.